The topological polar surface area (TPSA) is 88.8 Å². The van der Waals surface area contributed by atoms with Gasteiger partial charge in [-0.2, -0.15) is 0 Å². The van der Waals surface area contributed by atoms with Gasteiger partial charge in [0.2, 0.25) is 5.91 Å². The van der Waals surface area contributed by atoms with Crippen LogP contribution in [0.2, 0.25) is 0 Å². The normalized spacial score (nSPS) is 16.5. The molecule has 2 rings (SSSR count). The van der Waals surface area contributed by atoms with Crippen molar-refractivity contribution in [3.05, 3.63) is 23.2 Å². The van der Waals surface area contributed by atoms with Gasteiger partial charge in [0.15, 0.2) is 0 Å². The van der Waals surface area contributed by atoms with E-state index in [1.807, 2.05) is 0 Å². The number of aromatic carboxylic acids is 1. The summed E-state index contributed by atoms with van der Waals surface area (Å²) in [6.07, 6.45) is 2.67. The van der Waals surface area contributed by atoms with Gasteiger partial charge in [0.05, 0.1) is 18.6 Å². The minimum absolute atomic E-state index is 0.0588. The third-order valence-electron chi connectivity index (χ3n) is 3.84. The first-order valence-electron chi connectivity index (χ1n) is 6.58. The Morgan fingerprint density at radius 3 is 2.65 bits per heavy atom. The Morgan fingerprint density at radius 2 is 2.20 bits per heavy atom. The Bertz CT molecular complexity index is 516. The highest BCUT2D eigenvalue weighted by molar-refractivity contribution is 5.89. The second-order valence-corrected chi connectivity index (χ2v) is 5.24. The Labute approximate surface area is 117 Å². The number of aryl methyl sites for hydroxylation is 1. The number of carboxylic acids is 1. The second-order valence-electron chi connectivity index (χ2n) is 5.24. The molecule has 1 saturated carbocycles. The molecular weight excluding hydrogens is 262 g/mol. The highest BCUT2D eigenvalue weighted by atomic mass is 16.5. The van der Waals surface area contributed by atoms with E-state index in [9.17, 15) is 9.59 Å². The molecule has 0 aliphatic heterocycles. The fourth-order valence-electron chi connectivity index (χ4n) is 2.51. The molecule has 2 N–H and O–H groups in total. The molecule has 0 spiro atoms. The molecule has 6 nitrogen and oxygen atoms in total. The van der Waals surface area contributed by atoms with Gasteiger partial charge >= 0.3 is 5.97 Å². The predicted octanol–water partition coefficient (Wildman–Crippen LogP) is 1.72. The number of rotatable bonds is 6. The monoisotopic (exact) mass is 281 g/mol. The number of amides is 1. The van der Waals surface area contributed by atoms with E-state index < -0.39 is 11.4 Å². The first kappa shape index (κ1) is 14.6. The summed E-state index contributed by atoms with van der Waals surface area (Å²) in [5, 5.41) is 11.7. The minimum atomic E-state index is -1.03. The van der Waals surface area contributed by atoms with Crippen LogP contribution in [0.5, 0.6) is 0 Å². The molecule has 110 valence electrons. The van der Waals surface area contributed by atoms with Crippen molar-refractivity contribution in [3.8, 4) is 0 Å². The number of furan rings is 1. The standard InChI is InChI=1S/C14H19NO5/c1-9-11(12(16)17)6-10(20-9)7-15-13(18)14(8-19-2)4-3-5-14/h6H,3-5,7-8H2,1-2H3,(H,15,18)(H,16,17). The zero-order valence-electron chi connectivity index (χ0n) is 11.7. The molecule has 1 aliphatic rings. The van der Waals surface area contributed by atoms with Crippen LogP contribution in [-0.4, -0.2) is 30.7 Å². The Balaban J connectivity index is 1.96. The molecule has 0 atom stereocenters. The summed E-state index contributed by atoms with van der Waals surface area (Å²) in [6.45, 7) is 2.20. The molecule has 1 fully saturated rings. The van der Waals surface area contributed by atoms with Gasteiger partial charge in [0, 0.05) is 7.11 Å². The van der Waals surface area contributed by atoms with Crippen molar-refractivity contribution < 1.29 is 23.8 Å². The largest absolute Gasteiger partial charge is 0.478 e. The van der Waals surface area contributed by atoms with Gasteiger partial charge < -0.3 is 19.6 Å². The van der Waals surface area contributed by atoms with E-state index in [4.69, 9.17) is 14.3 Å². The summed E-state index contributed by atoms with van der Waals surface area (Å²) in [5.41, 5.74) is -0.295. The molecule has 0 bridgehead atoms. The molecule has 0 radical (unpaired) electrons. The van der Waals surface area contributed by atoms with E-state index in [2.05, 4.69) is 5.32 Å². The first-order chi connectivity index (χ1) is 9.48. The SMILES string of the molecule is COCC1(C(=O)NCc2cc(C(=O)O)c(C)o2)CCC1. The summed E-state index contributed by atoms with van der Waals surface area (Å²) < 4.78 is 10.4. The number of carbonyl (C=O) groups excluding carboxylic acids is 1. The molecule has 1 amide bonds. The summed E-state index contributed by atoms with van der Waals surface area (Å²) in [6, 6.07) is 1.45. The lowest BCUT2D eigenvalue weighted by molar-refractivity contribution is -0.140. The molecule has 0 aromatic carbocycles. The van der Waals surface area contributed by atoms with E-state index in [1.54, 1.807) is 14.0 Å². The zero-order valence-corrected chi connectivity index (χ0v) is 11.7. The number of ether oxygens (including phenoxy) is 1. The summed E-state index contributed by atoms with van der Waals surface area (Å²) >= 11 is 0. The van der Waals surface area contributed by atoms with Gasteiger partial charge in [-0.3, -0.25) is 4.79 Å². The molecule has 0 saturated heterocycles. The number of methoxy groups -OCH3 is 1. The minimum Gasteiger partial charge on any atom is -0.478 e. The van der Waals surface area contributed by atoms with E-state index in [1.165, 1.54) is 6.07 Å². The first-order valence-corrected chi connectivity index (χ1v) is 6.58. The Morgan fingerprint density at radius 1 is 1.50 bits per heavy atom. The Kier molecular flexibility index (Phi) is 4.13. The lowest BCUT2D eigenvalue weighted by atomic mass is 9.68. The maximum atomic E-state index is 12.2. The van der Waals surface area contributed by atoms with Gasteiger partial charge in [-0.25, -0.2) is 4.79 Å². The van der Waals surface area contributed by atoms with Crippen molar-refractivity contribution in [2.75, 3.05) is 13.7 Å². The van der Waals surface area contributed by atoms with Crippen molar-refractivity contribution in [2.24, 2.45) is 5.41 Å². The lowest BCUT2D eigenvalue weighted by Gasteiger charge is -2.39. The van der Waals surface area contributed by atoms with Gasteiger partial charge in [-0.05, 0) is 25.8 Å². The highest BCUT2D eigenvalue weighted by Crippen LogP contribution is 2.41. The van der Waals surface area contributed by atoms with Gasteiger partial charge in [-0.15, -0.1) is 0 Å². The zero-order chi connectivity index (χ0) is 14.8. The lowest BCUT2D eigenvalue weighted by Crippen LogP contribution is -2.48. The van der Waals surface area contributed by atoms with E-state index >= 15 is 0 Å². The van der Waals surface area contributed by atoms with Crippen LogP contribution in [0.4, 0.5) is 0 Å². The molecular formula is C14H19NO5. The molecule has 1 heterocycles. The van der Waals surface area contributed by atoms with Crippen molar-refractivity contribution >= 4 is 11.9 Å². The van der Waals surface area contributed by atoms with Crippen LogP contribution < -0.4 is 5.32 Å². The van der Waals surface area contributed by atoms with Crippen LogP contribution in [-0.2, 0) is 16.1 Å². The third kappa shape index (κ3) is 2.70. The third-order valence-corrected chi connectivity index (χ3v) is 3.84. The van der Waals surface area contributed by atoms with Crippen molar-refractivity contribution in [1.82, 2.24) is 5.32 Å². The number of hydrogen-bond acceptors (Lipinski definition) is 4. The fourth-order valence-corrected chi connectivity index (χ4v) is 2.51. The molecule has 1 aliphatic carbocycles. The van der Waals surface area contributed by atoms with Crippen molar-refractivity contribution in [3.63, 3.8) is 0 Å². The van der Waals surface area contributed by atoms with Crippen LogP contribution in [0.25, 0.3) is 0 Å². The maximum absolute atomic E-state index is 12.2. The van der Waals surface area contributed by atoms with E-state index in [0.717, 1.165) is 19.3 Å². The average Bonchev–Trinajstić information content (AvgIpc) is 2.72. The molecule has 1 aromatic heterocycles. The number of nitrogens with one attached hydrogen (secondary N) is 1. The number of hydrogen-bond donors (Lipinski definition) is 2. The number of carboxylic acid groups (broad SMARTS) is 1. The van der Waals surface area contributed by atoms with Crippen LogP contribution in [0, 0.1) is 12.3 Å². The van der Waals surface area contributed by atoms with Crippen LogP contribution in [0.15, 0.2) is 10.5 Å². The molecule has 0 unspecified atom stereocenters. The van der Waals surface area contributed by atoms with Crippen LogP contribution >= 0.6 is 0 Å². The summed E-state index contributed by atoms with van der Waals surface area (Å²) in [5.74, 6) is -0.299. The molecule has 1 aromatic rings. The average molecular weight is 281 g/mol. The molecule has 6 heteroatoms. The second kappa shape index (κ2) is 5.66. The molecule has 20 heavy (non-hydrogen) atoms. The maximum Gasteiger partial charge on any atom is 0.339 e. The summed E-state index contributed by atoms with van der Waals surface area (Å²) in [7, 11) is 1.59. The number of carbonyl (C=O) groups is 2. The van der Waals surface area contributed by atoms with E-state index in [0.29, 0.717) is 18.1 Å². The quantitative estimate of drug-likeness (QED) is 0.828. The Hall–Kier alpha value is -1.82. The van der Waals surface area contributed by atoms with Crippen LogP contribution in [0.1, 0.15) is 41.1 Å². The van der Waals surface area contributed by atoms with Gasteiger partial charge in [0.25, 0.3) is 0 Å². The van der Waals surface area contributed by atoms with Crippen molar-refractivity contribution in [2.45, 2.75) is 32.7 Å². The van der Waals surface area contributed by atoms with Gasteiger partial charge in [0.1, 0.15) is 17.1 Å². The van der Waals surface area contributed by atoms with Gasteiger partial charge in [-0.1, -0.05) is 6.42 Å². The predicted molar refractivity (Wildman–Crippen MR) is 70.4 cm³/mol. The fraction of sp³-hybridized carbons (Fsp3) is 0.571. The smallest absolute Gasteiger partial charge is 0.339 e. The van der Waals surface area contributed by atoms with E-state index in [-0.39, 0.29) is 18.0 Å². The highest BCUT2D eigenvalue weighted by Gasteiger charge is 2.44. The summed E-state index contributed by atoms with van der Waals surface area (Å²) in [4.78, 5) is 23.1. The van der Waals surface area contributed by atoms with Crippen LogP contribution in [0.3, 0.4) is 0 Å². The van der Waals surface area contributed by atoms with Crippen molar-refractivity contribution in [1.29, 1.82) is 0 Å².